The van der Waals surface area contributed by atoms with Crippen LogP contribution in [0.25, 0.3) is 0 Å². The lowest BCUT2D eigenvalue weighted by molar-refractivity contribution is -0.161. The maximum atomic E-state index is 12.5. The third kappa shape index (κ3) is 35.2. The van der Waals surface area contributed by atoms with Crippen molar-refractivity contribution in [3.8, 4) is 0 Å². The minimum absolute atomic E-state index is 0.192. The Hall–Kier alpha value is -1.03. The number of carbonyl (C=O) groups excluding carboxylic acids is 2. The van der Waals surface area contributed by atoms with Gasteiger partial charge in [-0.15, -0.1) is 0 Å². The van der Waals surface area contributed by atoms with Gasteiger partial charge < -0.3 is 24.6 Å². The molecule has 0 saturated carbocycles. The molecule has 0 spiro atoms. The molecule has 292 valence electrons. The van der Waals surface area contributed by atoms with E-state index in [9.17, 15) is 24.2 Å². The van der Waals surface area contributed by atoms with E-state index in [4.69, 9.17) is 19.1 Å². The molecule has 11 heteroatoms. The van der Waals surface area contributed by atoms with Crippen molar-refractivity contribution >= 4 is 19.8 Å². The average molecular weight is 723 g/mol. The first-order chi connectivity index (χ1) is 23.7. The van der Waals surface area contributed by atoms with E-state index in [1.54, 1.807) is 0 Å². The lowest BCUT2D eigenvalue weighted by Gasteiger charge is -2.20. The van der Waals surface area contributed by atoms with Crippen molar-refractivity contribution in [3.05, 3.63) is 0 Å². The number of phosphoric acid groups is 1. The van der Waals surface area contributed by atoms with Gasteiger partial charge in [-0.25, -0.2) is 4.57 Å². The summed E-state index contributed by atoms with van der Waals surface area (Å²) in [4.78, 5) is 34.8. The molecule has 0 aromatic rings. The number of unbranched alkanes of at least 4 members (excludes halogenated alkanes) is 24. The number of hydrogen-bond acceptors (Lipinski definition) is 9. The lowest BCUT2D eigenvalue weighted by atomic mass is 10.0. The van der Waals surface area contributed by atoms with Gasteiger partial charge in [0.25, 0.3) is 0 Å². The number of aliphatic hydroxyl groups is 2. The number of esters is 2. The molecule has 0 radical (unpaired) electrons. The maximum absolute atomic E-state index is 12.5. The SMILES string of the molecule is CCCCCCCCCCCCCCCC(=O)OC[C@@H](COP(=O)(O)OC[C@H](O)CO)OC(=O)CCCCCCCCCCCCCCC. The monoisotopic (exact) mass is 723 g/mol. The van der Waals surface area contributed by atoms with Crippen LogP contribution >= 0.6 is 7.82 Å². The van der Waals surface area contributed by atoms with Crippen LogP contribution in [0.4, 0.5) is 0 Å². The minimum atomic E-state index is -4.60. The number of aliphatic hydroxyl groups excluding tert-OH is 2. The van der Waals surface area contributed by atoms with E-state index in [0.717, 1.165) is 38.5 Å². The molecule has 10 nitrogen and oxygen atoms in total. The molecule has 0 bridgehead atoms. The van der Waals surface area contributed by atoms with Crippen LogP contribution in [0, 0.1) is 0 Å². The molecule has 0 aromatic heterocycles. The molecule has 3 atom stereocenters. The molecule has 0 saturated heterocycles. The summed E-state index contributed by atoms with van der Waals surface area (Å²) in [5.74, 6) is -0.913. The number of phosphoric ester groups is 1. The van der Waals surface area contributed by atoms with Gasteiger partial charge in [0, 0.05) is 12.8 Å². The highest BCUT2D eigenvalue weighted by Gasteiger charge is 2.27. The molecular formula is C38H75O10P. The van der Waals surface area contributed by atoms with Crippen LogP contribution in [0.15, 0.2) is 0 Å². The van der Waals surface area contributed by atoms with Crippen LogP contribution in [0.1, 0.15) is 194 Å². The standard InChI is InChI=1S/C38H75O10P/c1-3-5-7-9-11-13-15-17-19-21-23-25-27-29-37(41)45-33-36(34-47-49(43,44)46-32-35(40)31-39)48-38(42)30-28-26-24-22-20-18-16-14-12-10-8-6-4-2/h35-36,39-40H,3-34H2,1-2H3,(H,43,44)/t35-,36+/m1/s1. The highest BCUT2D eigenvalue weighted by Crippen LogP contribution is 2.43. The Kier molecular flexibility index (Phi) is 34.6. The summed E-state index contributed by atoms with van der Waals surface area (Å²) >= 11 is 0. The van der Waals surface area contributed by atoms with Gasteiger partial charge in [-0.1, -0.05) is 168 Å². The molecule has 0 rings (SSSR count). The van der Waals surface area contributed by atoms with Gasteiger partial charge >= 0.3 is 19.8 Å². The van der Waals surface area contributed by atoms with E-state index in [2.05, 4.69) is 18.4 Å². The Morgan fingerprint density at radius 2 is 0.878 bits per heavy atom. The zero-order chi connectivity index (χ0) is 36.3. The van der Waals surface area contributed by atoms with Crippen LogP contribution in [-0.2, 0) is 32.7 Å². The smallest absolute Gasteiger partial charge is 0.462 e. The average Bonchev–Trinajstić information content (AvgIpc) is 3.09. The summed E-state index contributed by atoms with van der Waals surface area (Å²) in [7, 11) is -4.60. The normalized spacial score (nSPS) is 14.0. The number of hydrogen-bond donors (Lipinski definition) is 3. The van der Waals surface area contributed by atoms with E-state index in [-0.39, 0.29) is 19.4 Å². The number of rotatable bonds is 38. The summed E-state index contributed by atoms with van der Waals surface area (Å²) < 4.78 is 32.6. The van der Waals surface area contributed by atoms with Crippen molar-refractivity contribution in [1.82, 2.24) is 0 Å². The predicted molar refractivity (Wildman–Crippen MR) is 196 cm³/mol. The van der Waals surface area contributed by atoms with Crippen LogP contribution < -0.4 is 0 Å². The third-order valence-electron chi connectivity index (χ3n) is 8.76. The fraction of sp³-hybridized carbons (Fsp3) is 0.947. The van der Waals surface area contributed by atoms with Crippen LogP contribution in [0.2, 0.25) is 0 Å². The van der Waals surface area contributed by atoms with Gasteiger partial charge in [0.1, 0.15) is 12.7 Å². The van der Waals surface area contributed by atoms with Crippen LogP contribution in [0.5, 0.6) is 0 Å². The first-order valence-electron chi connectivity index (χ1n) is 20.0. The topological polar surface area (TPSA) is 149 Å². The Balaban J connectivity index is 4.31. The van der Waals surface area contributed by atoms with Crippen molar-refractivity contribution in [2.45, 2.75) is 206 Å². The quantitative estimate of drug-likeness (QED) is 0.0319. The van der Waals surface area contributed by atoms with E-state index in [0.29, 0.717) is 12.8 Å². The molecule has 0 amide bonds. The van der Waals surface area contributed by atoms with Gasteiger partial charge in [0.05, 0.1) is 19.8 Å². The second kappa shape index (κ2) is 35.4. The zero-order valence-electron chi connectivity index (χ0n) is 31.4. The summed E-state index contributed by atoms with van der Waals surface area (Å²) in [5.41, 5.74) is 0. The molecule has 0 aromatic carbocycles. The number of carbonyl (C=O) groups is 2. The highest BCUT2D eigenvalue weighted by atomic mass is 31.2. The number of ether oxygens (including phenoxy) is 2. The van der Waals surface area contributed by atoms with Crippen molar-refractivity contribution in [2.24, 2.45) is 0 Å². The van der Waals surface area contributed by atoms with Gasteiger partial charge in [-0.2, -0.15) is 0 Å². The Morgan fingerprint density at radius 1 is 0.531 bits per heavy atom. The second-order valence-electron chi connectivity index (χ2n) is 13.7. The largest absolute Gasteiger partial charge is 0.472 e. The lowest BCUT2D eigenvalue weighted by Crippen LogP contribution is -2.29. The van der Waals surface area contributed by atoms with Crippen molar-refractivity contribution in [2.75, 3.05) is 26.4 Å². The first kappa shape index (κ1) is 48.0. The molecule has 0 heterocycles. The van der Waals surface area contributed by atoms with Crippen LogP contribution in [-0.4, -0.2) is 65.7 Å². The van der Waals surface area contributed by atoms with Gasteiger partial charge in [-0.05, 0) is 12.8 Å². The van der Waals surface area contributed by atoms with Gasteiger partial charge in [0.2, 0.25) is 0 Å². The Labute approximate surface area is 299 Å². The molecule has 3 N–H and O–H groups in total. The summed E-state index contributed by atoms with van der Waals surface area (Å²) in [5, 5.41) is 18.3. The minimum Gasteiger partial charge on any atom is -0.462 e. The summed E-state index contributed by atoms with van der Waals surface area (Å²) in [6.07, 6.45) is 29.2. The van der Waals surface area contributed by atoms with E-state index in [1.807, 2.05) is 0 Å². The fourth-order valence-corrected chi connectivity index (χ4v) is 6.43. The van der Waals surface area contributed by atoms with Gasteiger partial charge in [-0.3, -0.25) is 18.6 Å². The molecule has 0 fully saturated rings. The fourth-order valence-electron chi connectivity index (χ4n) is 5.64. The van der Waals surface area contributed by atoms with Crippen LogP contribution in [0.3, 0.4) is 0 Å². The predicted octanol–water partition coefficient (Wildman–Crippen LogP) is 9.89. The highest BCUT2D eigenvalue weighted by molar-refractivity contribution is 7.47. The Morgan fingerprint density at radius 3 is 1.27 bits per heavy atom. The maximum Gasteiger partial charge on any atom is 0.472 e. The van der Waals surface area contributed by atoms with E-state index >= 15 is 0 Å². The van der Waals surface area contributed by atoms with E-state index < -0.39 is 51.8 Å². The molecule has 0 aliphatic carbocycles. The molecule has 0 aliphatic heterocycles. The zero-order valence-corrected chi connectivity index (χ0v) is 32.3. The van der Waals surface area contributed by atoms with Crippen molar-refractivity contribution < 1.29 is 47.8 Å². The van der Waals surface area contributed by atoms with E-state index in [1.165, 1.54) is 116 Å². The molecule has 0 aliphatic rings. The third-order valence-corrected chi connectivity index (χ3v) is 9.71. The summed E-state index contributed by atoms with van der Waals surface area (Å²) in [6.45, 7) is 2.39. The summed E-state index contributed by atoms with van der Waals surface area (Å²) in [6, 6.07) is 0. The first-order valence-corrected chi connectivity index (χ1v) is 21.5. The molecular weight excluding hydrogens is 647 g/mol. The second-order valence-corrected chi connectivity index (χ2v) is 15.1. The van der Waals surface area contributed by atoms with Gasteiger partial charge in [0.15, 0.2) is 6.10 Å². The Bertz CT molecular complexity index is 796. The van der Waals surface area contributed by atoms with Crippen molar-refractivity contribution in [3.63, 3.8) is 0 Å². The van der Waals surface area contributed by atoms with Crippen molar-refractivity contribution in [1.29, 1.82) is 0 Å². The molecule has 49 heavy (non-hydrogen) atoms. The molecule has 1 unspecified atom stereocenters.